The van der Waals surface area contributed by atoms with E-state index in [9.17, 15) is 19.4 Å². The summed E-state index contributed by atoms with van der Waals surface area (Å²) in [6.45, 7) is -0.0549. The highest BCUT2D eigenvalue weighted by atomic mass is 19.1. The van der Waals surface area contributed by atoms with E-state index in [1.54, 1.807) is 0 Å². The van der Waals surface area contributed by atoms with E-state index >= 15 is 0 Å². The minimum absolute atomic E-state index is 0.0275. The normalized spacial score (nSPS) is 24.1. The van der Waals surface area contributed by atoms with Crippen molar-refractivity contribution in [2.45, 2.75) is 12.2 Å². The van der Waals surface area contributed by atoms with Crippen LogP contribution in [0.3, 0.4) is 0 Å². The lowest BCUT2D eigenvalue weighted by Gasteiger charge is -2.15. The first-order chi connectivity index (χ1) is 7.99. The summed E-state index contributed by atoms with van der Waals surface area (Å²) >= 11 is 0. The van der Waals surface area contributed by atoms with Gasteiger partial charge in [-0.3, -0.25) is 4.79 Å². The van der Waals surface area contributed by atoms with Crippen molar-refractivity contribution < 1.29 is 24.5 Å². The molecule has 0 aliphatic carbocycles. The van der Waals surface area contributed by atoms with Gasteiger partial charge in [0.05, 0.1) is 17.8 Å². The Bertz CT molecular complexity index is 441. The van der Waals surface area contributed by atoms with Crippen LogP contribution in [0.5, 0.6) is 5.75 Å². The minimum Gasteiger partial charge on any atom is -0.508 e. The Morgan fingerprint density at radius 3 is 2.41 bits per heavy atom. The van der Waals surface area contributed by atoms with Gasteiger partial charge in [0.1, 0.15) is 11.6 Å². The number of benzene rings is 1. The Morgan fingerprint density at radius 1 is 1.29 bits per heavy atom. The zero-order valence-electron chi connectivity index (χ0n) is 8.88. The highest BCUT2D eigenvalue weighted by Crippen LogP contribution is 2.19. The molecule has 0 radical (unpaired) electrons. The van der Waals surface area contributed by atoms with Gasteiger partial charge < -0.3 is 20.2 Å². The maximum Gasteiger partial charge on any atom is 0.257 e. The Labute approximate surface area is 96.7 Å². The molecule has 1 aliphatic heterocycles. The summed E-state index contributed by atoms with van der Waals surface area (Å²) in [4.78, 5) is 13.0. The average molecular weight is 241 g/mol. The van der Waals surface area contributed by atoms with Crippen LogP contribution >= 0.6 is 0 Å². The molecule has 5 nitrogen and oxygen atoms in total. The lowest BCUT2D eigenvalue weighted by molar-refractivity contribution is 0.0572. The molecule has 6 heteroatoms. The van der Waals surface area contributed by atoms with Gasteiger partial charge in [0.2, 0.25) is 0 Å². The van der Waals surface area contributed by atoms with Crippen LogP contribution in [0.2, 0.25) is 0 Å². The van der Waals surface area contributed by atoms with Gasteiger partial charge in [0.25, 0.3) is 5.91 Å². The molecule has 1 amide bonds. The molecule has 1 fully saturated rings. The Hall–Kier alpha value is -1.66. The molecule has 3 N–H and O–H groups in total. The Balaban J connectivity index is 2.20. The van der Waals surface area contributed by atoms with Gasteiger partial charge in [0.15, 0.2) is 0 Å². The van der Waals surface area contributed by atoms with Crippen LogP contribution < -0.4 is 0 Å². The lowest BCUT2D eigenvalue weighted by Crippen LogP contribution is -2.30. The summed E-state index contributed by atoms with van der Waals surface area (Å²) in [5, 5.41) is 27.6. The number of nitrogens with zero attached hydrogens (tertiary/aromatic N) is 1. The molecule has 0 saturated carbocycles. The van der Waals surface area contributed by atoms with Crippen LogP contribution in [0, 0.1) is 5.82 Å². The van der Waals surface area contributed by atoms with Crippen LogP contribution in [-0.2, 0) is 0 Å². The van der Waals surface area contributed by atoms with Crippen LogP contribution in [0.25, 0.3) is 0 Å². The van der Waals surface area contributed by atoms with Gasteiger partial charge in [-0.15, -0.1) is 0 Å². The van der Waals surface area contributed by atoms with Crippen molar-refractivity contribution in [3.63, 3.8) is 0 Å². The van der Waals surface area contributed by atoms with Gasteiger partial charge >= 0.3 is 0 Å². The molecule has 0 spiro atoms. The Morgan fingerprint density at radius 2 is 1.88 bits per heavy atom. The lowest BCUT2D eigenvalue weighted by atomic mass is 10.2. The maximum atomic E-state index is 13.4. The van der Waals surface area contributed by atoms with Crippen molar-refractivity contribution in [3.8, 4) is 5.75 Å². The molecule has 2 atom stereocenters. The van der Waals surface area contributed by atoms with Gasteiger partial charge in [-0.2, -0.15) is 0 Å². The molecule has 2 rings (SSSR count). The van der Waals surface area contributed by atoms with Gasteiger partial charge in [0, 0.05) is 19.2 Å². The number of likely N-dealkylation sites (tertiary alicyclic amines) is 1. The second kappa shape index (κ2) is 4.31. The highest BCUT2D eigenvalue weighted by molar-refractivity contribution is 5.94. The molecule has 2 unspecified atom stereocenters. The van der Waals surface area contributed by atoms with Gasteiger partial charge in [-0.25, -0.2) is 4.39 Å². The molecule has 1 aromatic carbocycles. The molecule has 1 aliphatic rings. The van der Waals surface area contributed by atoms with Crippen molar-refractivity contribution in [2.75, 3.05) is 13.1 Å². The number of amides is 1. The first kappa shape index (κ1) is 11.8. The molecule has 1 saturated heterocycles. The SMILES string of the molecule is O=C(c1ccc(O)cc1F)N1CC(O)C(O)C1. The number of β-amino-alcohol motifs (C(OH)–C–C–N with tert-alkyl or cyclic N) is 2. The minimum atomic E-state index is -1.00. The summed E-state index contributed by atoms with van der Waals surface area (Å²) in [6.07, 6.45) is -2.00. The van der Waals surface area contributed by atoms with Crippen LogP contribution in [0.4, 0.5) is 4.39 Å². The van der Waals surface area contributed by atoms with Crippen molar-refractivity contribution in [2.24, 2.45) is 0 Å². The first-order valence-corrected chi connectivity index (χ1v) is 5.13. The number of aliphatic hydroxyl groups is 2. The summed E-state index contributed by atoms with van der Waals surface area (Å²) in [6, 6.07) is 3.22. The molecule has 0 bridgehead atoms. The Kier molecular flexibility index (Phi) is 2.99. The quantitative estimate of drug-likeness (QED) is 0.631. The van der Waals surface area contributed by atoms with Crippen LogP contribution in [0.1, 0.15) is 10.4 Å². The number of carbonyl (C=O) groups is 1. The topological polar surface area (TPSA) is 81.0 Å². The van der Waals surface area contributed by atoms with E-state index < -0.39 is 23.9 Å². The van der Waals surface area contributed by atoms with Crippen molar-refractivity contribution in [1.29, 1.82) is 0 Å². The van der Waals surface area contributed by atoms with E-state index in [0.29, 0.717) is 0 Å². The third-order valence-corrected chi connectivity index (χ3v) is 2.73. The average Bonchev–Trinajstić information content (AvgIpc) is 2.58. The molecule has 0 aromatic heterocycles. The van der Waals surface area contributed by atoms with Crippen molar-refractivity contribution in [3.05, 3.63) is 29.6 Å². The van der Waals surface area contributed by atoms with Crippen molar-refractivity contribution in [1.82, 2.24) is 4.90 Å². The molecule has 1 aromatic rings. The summed E-state index contributed by atoms with van der Waals surface area (Å²) in [5.74, 6) is -1.70. The number of phenolic OH excluding ortho intramolecular Hbond substituents is 1. The molecule has 1 heterocycles. The van der Waals surface area contributed by atoms with E-state index in [1.807, 2.05) is 0 Å². The molecular formula is C11H12FNO4. The summed E-state index contributed by atoms with van der Waals surface area (Å²) in [5.41, 5.74) is -0.191. The van der Waals surface area contributed by atoms with Gasteiger partial charge in [-0.1, -0.05) is 0 Å². The monoisotopic (exact) mass is 241 g/mol. The smallest absolute Gasteiger partial charge is 0.257 e. The number of hydrogen-bond donors (Lipinski definition) is 3. The predicted octanol–water partition coefficient (Wildman–Crippen LogP) is -0.291. The standard InChI is InChI=1S/C11H12FNO4/c12-8-3-6(14)1-2-7(8)11(17)13-4-9(15)10(16)5-13/h1-3,9-10,14-16H,4-5H2. The maximum absolute atomic E-state index is 13.4. The fourth-order valence-corrected chi connectivity index (χ4v) is 1.78. The van der Waals surface area contributed by atoms with Crippen molar-refractivity contribution >= 4 is 5.91 Å². The first-order valence-electron chi connectivity index (χ1n) is 5.13. The number of hydrogen-bond acceptors (Lipinski definition) is 4. The molecular weight excluding hydrogens is 229 g/mol. The second-order valence-electron chi connectivity index (χ2n) is 4.01. The molecule has 92 valence electrons. The fourth-order valence-electron chi connectivity index (χ4n) is 1.78. The van der Waals surface area contributed by atoms with Gasteiger partial charge in [-0.05, 0) is 12.1 Å². The summed E-state index contributed by atoms with van der Waals surface area (Å²) in [7, 11) is 0. The fraction of sp³-hybridized carbons (Fsp3) is 0.364. The number of rotatable bonds is 1. The van der Waals surface area contributed by atoms with Crippen LogP contribution in [0.15, 0.2) is 18.2 Å². The van der Waals surface area contributed by atoms with E-state index in [0.717, 1.165) is 6.07 Å². The van der Waals surface area contributed by atoms with E-state index in [2.05, 4.69) is 0 Å². The zero-order valence-corrected chi connectivity index (χ0v) is 8.88. The third kappa shape index (κ3) is 2.22. The number of carbonyl (C=O) groups excluding carboxylic acids is 1. The number of halogens is 1. The van der Waals surface area contributed by atoms with Crippen LogP contribution in [-0.4, -0.2) is 51.4 Å². The highest BCUT2D eigenvalue weighted by Gasteiger charge is 2.33. The largest absolute Gasteiger partial charge is 0.508 e. The number of aromatic hydroxyl groups is 1. The predicted molar refractivity (Wildman–Crippen MR) is 56.0 cm³/mol. The summed E-state index contributed by atoms with van der Waals surface area (Å²) < 4.78 is 13.4. The third-order valence-electron chi connectivity index (χ3n) is 2.73. The van der Waals surface area contributed by atoms with E-state index in [4.69, 9.17) is 5.11 Å². The number of phenols is 1. The zero-order chi connectivity index (χ0) is 12.6. The molecule has 17 heavy (non-hydrogen) atoms. The van der Waals surface area contributed by atoms with E-state index in [-0.39, 0.29) is 24.4 Å². The second-order valence-corrected chi connectivity index (χ2v) is 4.01. The number of aliphatic hydroxyl groups excluding tert-OH is 2. The van der Waals surface area contributed by atoms with E-state index in [1.165, 1.54) is 17.0 Å².